The normalized spacial score (nSPS) is 10.3. The third kappa shape index (κ3) is 2.66. The van der Waals surface area contributed by atoms with Gasteiger partial charge in [-0.1, -0.05) is 23.8 Å². The Morgan fingerprint density at radius 1 is 1.45 bits per heavy atom. The number of hydrogen-bond acceptors (Lipinski definition) is 4. The van der Waals surface area contributed by atoms with E-state index in [-0.39, 0.29) is 16.1 Å². The smallest absolute Gasteiger partial charge is 0.210 e. The molecule has 2 N–H and O–H groups in total. The van der Waals surface area contributed by atoms with Gasteiger partial charge in [-0.05, 0) is 25.1 Å². The summed E-state index contributed by atoms with van der Waals surface area (Å²) in [6, 6.07) is 6.53. The fraction of sp³-hybridized carbons (Fsp3) is 0.154. The van der Waals surface area contributed by atoms with Crippen molar-refractivity contribution in [2.75, 3.05) is 7.11 Å². The van der Waals surface area contributed by atoms with Crippen molar-refractivity contribution < 1.29 is 4.74 Å². The van der Waals surface area contributed by atoms with Gasteiger partial charge in [-0.15, -0.1) is 0 Å². The van der Waals surface area contributed by atoms with Crippen LogP contribution in [0, 0.1) is 6.92 Å². The van der Waals surface area contributed by atoms with Gasteiger partial charge in [-0.3, -0.25) is 4.79 Å². The Balaban J connectivity index is 2.75. The van der Waals surface area contributed by atoms with Gasteiger partial charge in [-0.25, -0.2) is 4.68 Å². The molecule has 0 fully saturated rings. The lowest BCUT2D eigenvalue weighted by Crippen LogP contribution is -2.26. The zero-order chi connectivity index (χ0) is 14.9. The molecule has 0 spiro atoms. The molecule has 0 aliphatic rings. The van der Waals surface area contributed by atoms with E-state index in [0.29, 0.717) is 22.2 Å². The Morgan fingerprint density at radius 2 is 2.15 bits per heavy atom. The van der Waals surface area contributed by atoms with E-state index in [4.69, 9.17) is 34.3 Å². The molecule has 0 saturated carbocycles. The van der Waals surface area contributed by atoms with E-state index >= 15 is 0 Å². The number of benzene rings is 1. The third-order valence-corrected chi connectivity index (χ3v) is 3.14. The Hall–Kier alpha value is -1.92. The summed E-state index contributed by atoms with van der Waals surface area (Å²) in [4.78, 5) is 11.7. The molecule has 0 saturated heterocycles. The summed E-state index contributed by atoms with van der Waals surface area (Å²) < 4.78 is 6.81. The maximum atomic E-state index is 11.8. The fourth-order valence-electron chi connectivity index (χ4n) is 1.79. The number of aryl methyl sites for hydroxylation is 1. The van der Waals surface area contributed by atoms with Crippen molar-refractivity contribution in [3.63, 3.8) is 0 Å². The molecular formula is C13H12ClN3O2S. The van der Waals surface area contributed by atoms with Crippen molar-refractivity contribution in [3.05, 3.63) is 50.9 Å². The zero-order valence-electron chi connectivity index (χ0n) is 10.9. The molecule has 20 heavy (non-hydrogen) atoms. The minimum atomic E-state index is -0.313. The molecule has 7 heteroatoms. The molecule has 0 aliphatic carbocycles. The number of methoxy groups -OCH3 is 1. The van der Waals surface area contributed by atoms with Crippen LogP contribution in [0.2, 0.25) is 5.02 Å². The van der Waals surface area contributed by atoms with Crippen molar-refractivity contribution in [2.45, 2.75) is 6.92 Å². The lowest BCUT2D eigenvalue weighted by atomic mass is 10.2. The molecule has 0 radical (unpaired) electrons. The third-order valence-electron chi connectivity index (χ3n) is 2.71. The summed E-state index contributed by atoms with van der Waals surface area (Å²) in [5.41, 5.74) is 6.46. The van der Waals surface area contributed by atoms with E-state index < -0.39 is 0 Å². The van der Waals surface area contributed by atoms with Crippen molar-refractivity contribution in [2.24, 2.45) is 5.73 Å². The first-order chi connectivity index (χ1) is 9.43. The molecule has 0 aliphatic heterocycles. The summed E-state index contributed by atoms with van der Waals surface area (Å²) in [6.07, 6.45) is 0. The van der Waals surface area contributed by atoms with Crippen LogP contribution in [-0.2, 0) is 0 Å². The summed E-state index contributed by atoms with van der Waals surface area (Å²) in [7, 11) is 1.54. The van der Waals surface area contributed by atoms with E-state index in [9.17, 15) is 4.79 Å². The molecule has 0 amide bonds. The number of hydrogen-bond donors (Lipinski definition) is 1. The largest absolute Gasteiger partial charge is 0.494 e. The number of thiocarbonyl (C=S) groups is 1. The SMILES string of the molecule is COc1ccc(Cl)cc1-n1nc(C(N)=S)c(=O)cc1C. The second-order valence-electron chi connectivity index (χ2n) is 4.09. The molecule has 0 atom stereocenters. The van der Waals surface area contributed by atoms with Crippen LogP contribution >= 0.6 is 23.8 Å². The number of rotatable bonds is 3. The summed E-state index contributed by atoms with van der Waals surface area (Å²) in [6.45, 7) is 1.75. The maximum absolute atomic E-state index is 11.8. The van der Waals surface area contributed by atoms with Gasteiger partial charge in [-0.2, -0.15) is 5.10 Å². The van der Waals surface area contributed by atoms with Crippen molar-refractivity contribution >= 4 is 28.8 Å². The van der Waals surface area contributed by atoms with E-state index in [1.165, 1.54) is 10.7 Å². The summed E-state index contributed by atoms with van der Waals surface area (Å²) in [5.74, 6) is 0.572. The Labute approximate surface area is 125 Å². The van der Waals surface area contributed by atoms with Crippen LogP contribution < -0.4 is 15.9 Å². The summed E-state index contributed by atoms with van der Waals surface area (Å²) in [5, 5.41) is 4.72. The van der Waals surface area contributed by atoms with Gasteiger partial charge in [0.25, 0.3) is 0 Å². The van der Waals surface area contributed by atoms with Gasteiger partial charge in [0.05, 0.1) is 7.11 Å². The quantitative estimate of drug-likeness (QED) is 0.876. The summed E-state index contributed by atoms with van der Waals surface area (Å²) >= 11 is 10.8. The molecule has 1 aromatic carbocycles. The van der Waals surface area contributed by atoms with E-state index in [2.05, 4.69) is 5.10 Å². The first-order valence-electron chi connectivity index (χ1n) is 5.68. The molecular weight excluding hydrogens is 298 g/mol. The Morgan fingerprint density at radius 3 is 2.75 bits per heavy atom. The monoisotopic (exact) mass is 309 g/mol. The van der Waals surface area contributed by atoms with Crippen molar-refractivity contribution in [1.82, 2.24) is 9.78 Å². The van der Waals surface area contributed by atoms with E-state index in [1.54, 1.807) is 32.2 Å². The minimum absolute atomic E-state index is 0.0348. The highest BCUT2D eigenvalue weighted by atomic mass is 35.5. The number of nitrogens with zero attached hydrogens (tertiary/aromatic N) is 2. The first kappa shape index (κ1) is 14.5. The van der Waals surface area contributed by atoms with Crippen LogP contribution in [0.25, 0.3) is 5.69 Å². The molecule has 1 heterocycles. The van der Waals surface area contributed by atoms with Gasteiger partial charge < -0.3 is 10.5 Å². The van der Waals surface area contributed by atoms with Gasteiger partial charge in [0.15, 0.2) is 5.69 Å². The van der Waals surface area contributed by atoms with Crippen molar-refractivity contribution in [3.8, 4) is 11.4 Å². The number of nitrogens with two attached hydrogens (primary N) is 1. The van der Waals surface area contributed by atoms with Gasteiger partial charge in [0, 0.05) is 16.8 Å². The van der Waals surface area contributed by atoms with Gasteiger partial charge in [0.2, 0.25) is 5.43 Å². The lowest BCUT2D eigenvalue weighted by Gasteiger charge is -2.14. The highest BCUT2D eigenvalue weighted by Gasteiger charge is 2.13. The average molecular weight is 310 g/mol. The topological polar surface area (TPSA) is 70.1 Å². The number of aromatic nitrogens is 2. The first-order valence-corrected chi connectivity index (χ1v) is 6.47. The molecule has 2 aromatic rings. The van der Waals surface area contributed by atoms with Crippen LogP contribution in [0.1, 0.15) is 11.4 Å². The average Bonchev–Trinajstić information content (AvgIpc) is 2.38. The molecule has 0 unspecified atom stereocenters. The van der Waals surface area contributed by atoms with Crippen LogP contribution in [0.15, 0.2) is 29.1 Å². The zero-order valence-corrected chi connectivity index (χ0v) is 12.5. The van der Waals surface area contributed by atoms with Crippen molar-refractivity contribution in [1.29, 1.82) is 0 Å². The van der Waals surface area contributed by atoms with E-state index in [0.717, 1.165) is 0 Å². The van der Waals surface area contributed by atoms with E-state index in [1.807, 2.05) is 0 Å². The van der Waals surface area contributed by atoms with Crippen LogP contribution in [0.4, 0.5) is 0 Å². The molecule has 2 rings (SSSR count). The fourth-order valence-corrected chi connectivity index (χ4v) is 2.10. The van der Waals surface area contributed by atoms with Crippen LogP contribution in [-0.4, -0.2) is 21.9 Å². The number of halogens is 1. The highest BCUT2D eigenvalue weighted by Crippen LogP contribution is 2.26. The minimum Gasteiger partial charge on any atom is -0.494 e. The number of ether oxygens (including phenoxy) is 1. The maximum Gasteiger partial charge on any atom is 0.210 e. The molecule has 1 aromatic heterocycles. The molecule has 5 nitrogen and oxygen atoms in total. The van der Waals surface area contributed by atoms with Gasteiger partial charge in [0.1, 0.15) is 16.4 Å². The van der Waals surface area contributed by atoms with Gasteiger partial charge >= 0.3 is 0 Å². The predicted molar refractivity (Wildman–Crippen MR) is 82.0 cm³/mol. The second-order valence-corrected chi connectivity index (χ2v) is 4.97. The van der Waals surface area contributed by atoms with Crippen LogP contribution in [0.5, 0.6) is 5.75 Å². The lowest BCUT2D eigenvalue weighted by molar-refractivity contribution is 0.411. The molecule has 0 bridgehead atoms. The second kappa shape index (κ2) is 5.60. The Kier molecular flexibility index (Phi) is 4.06. The predicted octanol–water partition coefficient (Wildman–Crippen LogP) is 1.84. The standard InChI is InChI=1S/C13H12ClN3O2S/c1-7-5-10(18)12(13(15)20)16-17(7)9-6-8(14)3-4-11(9)19-2/h3-6H,1-2H3,(H2,15,20). The molecule has 104 valence electrons. The highest BCUT2D eigenvalue weighted by molar-refractivity contribution is 7.80. The van der Waals surface area contributed by atoms with Crippen LogP contribution in [0.3, 0.4) is 0 Å². The Bertz CT molecular complexity index is 743.